The van der Waals surface area contributed by atoms with Gasteiger partial charge >= 0.3 is 0 Å². The smallest absolute Gasteiger partial charge is 0.226 e. The number of ether oxygens (including phenoxy) is 1. The molecular weight excluding hydrogens is 371 g/mol. The van der Waals surface area contributed by atoms with Crippen LogP contribution in [-0.2, 0) is 16.2 Å². The third-order valence-corrected chi connectivity index (χ3v) is 5.61. The van der Waals surface area contributed by atoms with Crippen molar-refractivity contribution in [3.8, 4) is 5.75 Å². The number of oxime groups is 1. The minimum atomic E-state index is -0.277. The summed E-state index contributed by atoms with van der Waals surface area (Å²) in [5, 5.41) is 4.18. The first-order valence-corrected chi connectivity index (χ1v) is 10.0. The van der Waals surface area contributed by atoms with E-state index in [0.29, 0.717) is 19.5 Å². The summed E-state index contributed by atoms with van der Waals surface area (Å²) in [6.45, 7) is 0.985. The van der Waals surface area contributed by atoms with Gasteiger partial charge < -0.3 is 14.5 Å². The second kappa shape index (κ2) is 8.64. The highest BCUT2D eigenvalue weighted by atomic mass is 19.1. The fraction of sp³-hybridized carbons (Fsp3) is 0.391. The SMILES string of the molecule is COc1cccc(CN(C[C@@H]2CC(c3ccc(F)cc3)=NO2)C(=O)C2CCC2)c1. The van der Waals surface area contributed by atoms with E-state index in [1.165, 1.54) is 12.1 Å². The Morgan fingerprint density at radius 1 is 1.24 bits per heavy atom. The van der Waals surface area contributed by atoms with Gasteiger partial charge in [0.2, 0.25) is 5.91 Å². The zero-order valence-electron chi connectivity index (χ0n) is 16.5. The molecule has 2 aliphatic rings. The monoisotopic (exact) mass is 396 g/mol. The first-order chi connectivity index (χ1) is 14.1. The molecular formula is C23H25FN2O3. The molecule has 0 spiro atoms. The minimum absolute atomic E-state index is 0.111. The average Bonchev–Trinajstić information content (AvgIpc) is 3.15. The molecule has 2 aromatic rings. The van der Waals surface area contributed by atoms with Crippen LogP contribution in [0.15, 0.2) is 53.7 Å². The lowest BCUT2D eigenvalue weighted by Crippen LogP contribution is -2.42. The molecule has 0 N–H and O–H groups in total. The van der Waals surface area contributed by atoms with Crippen LogP contribution in [0.4, 0.5) is 4.39 Å². The van der Waals surface area contributed by atoms with Crippen LogP contribution in [0.3, 0.4) is 0 Å². The highest BCUT2D eigenvalue weighted by molar-refractivity contribution is 6.01. The summed E-state index contributed by atoms with van der Waals surface area (Å²) < 4.78 is 18.5. The first kappa shape index (κ1) is 19.4. The Morgan fingerprint density at radius 3 is 2.72 bits per heavy atom. The van der Waals surface area contributed by atoms with E-state index in [4.69, 9.17) is 9.57 Å². The van der Waals surface area contributed by atoms with Gasteiger partial charge in [0.25, 0.3) is 0 Å². The Morgan fingerprint density at radius 2 is 2.03 bits per heavy atom. The number of methoxy groups -OCH3 is 1. The molecule has 1 heterocycles. The highest BCUT2D eigenvalue weighted by Gasteiger charge is 2.33. The molecule has 1 aliphatic heterocycles. The normalized spacial score (nSPS) is 18.6. The van der Waals surface area contributed by atoms with Crippen molar-refractivity contribution in [1.29, 1.82) is 0 Å². The van der Waals surface area contributed by atoms with E-state index in [1.807, 2.05) is 29.2 Å². The molecule has 0 bridgehead atoms. The average molecular weight is 396 g/mol. The minimum Gasteiger partial charge on any atom is -0.497 e. The van der Waals surface area contributed by atoms with E-state index >= 15 is 0 Å². The molecule has 0 unspecified atom stereocenters. The second-order valence-corrected chi connectivity index (χ2v) is 7.67. The van der Waals surface area contributed by atoms with Crippen LogP contribution in [0, 0.1) is 11.7 Å². The van der Waals surface area contributed by atoms with E-state index in [0.717, 1.165) is 41.9 Å². The Balaban J connectivity index is 1.44. The molecule has 4 rings (SSSR count). The van der Waals surface area contributed by atoms with Gasteiger partial charge in [-0.15, -0.1) is 0 Å². The van der Waals surface area contributed by atoms with E-state index in [1.54, 1.807) is 19.2 Å². The van der Waals surface area contributed by atoms with Crippen molar-refractivity contribution in [3.05, 3.63) is 65.5 Å². The zero-order chi connectivity index (χ0) is 20.2. The number of benzene rings is 2. The molecule has 29 heavy (non-hydrogen) atoms. The standard InChI is InChI=1S/C23H25FN2O3/c1-28-20-7-2-4-16(12-20)14-26(23(27)18-5-3-6-18)15-21-13-22(25-29-21)17-8-10-19(24)11-9-17/h2,4,7-12,18,21H,3,5-6,13-15H2,1H3/t21-/m0/s1. The van der Waals surface area contributed by atoms with Crippen molar-refractivity contribution in [2.75, 3.05) is 13.7 Å². The van der Waals surface area contributed by atoms with Gasteiger partial charge in [-0.3, -0.25) is 4.79 Å². The number of rotatable bonds is 7. The van der Waals surface area contributed by atoms with Gasteiger partial charge in [-0.1, -0.05) is 35.8 Å². The summed E-state index contributed by atoms with van der Waals surface area (Å²) in [4.78, 5) is 20.5. The highest BCUT2D eigenvalue weighted by Crippen LogP contribution is 2.30. The molecule has 0 radical (unpaired) electrons. The van der Waals surface area contributed by atoms with Gasteiger partial charge in [0.15, 0.2) is 6.10 Å². The van der Waals surface area contributed by atoms with Crippen LogP contribution in [0.2, 0.25) is 0 Å². The third-order valence-electron chi connectivity index (χ3n) is 5.61. The lowest BCUT2D eigenvalue weighted by molar-refractivity contribution is -0.140. The second-order valence-electron chi connectivity index (χ2n) is 7.67. The topological polar surface area (TPSA) is 51.1 Å². The summed E-state index contributed by atoms with van der Waals surface area (Å²) in [5.41, 5.74) is 2.65. The maximum atomic E-state index is 13.2. The van der Waals surface area contributed by atoms with Gasteiger partial charge in [0.1, 0.15) is 11.6 Å². The zero-order valence-corrected chi connectivity index (χ0v) is 16.5. The molecule has 6 heteroatoms. The van der Waals surface area contributed by atoms with Crippen LogP contribution in [0.25, 0.3) is 0 Å². The molecule has 1 aliphatic carbocycles. The number of amides is 1. The summed E-state index contributed by atoms with van der Waals surface area (Å²) in [6.07, 6.45) is 3.41. The number of carbonyl (C=O) groups is 1. The fourth-order valence-electron chi connectivity index (χ4n) is 3.72. The van der Waals surface area contributed by atoms with Gasteiger partial charge in [-0.2, -0.15) is 0 Å². The number of carbonyl (C=O) groups excluding carboxylic acids is 1. The molecule has 152 valence electrons. The molecule has 2 aromatic carbocycles. The molecule has 0 saturated heterocycles. The molecule has 1 fully saturated rings. The van der Waals surface area contributed by atoms with Gasteiger partial charge in [-0.05, 0) is 48.2 Å². The maximum absolute atomic E-state index is 13.2. The van der Waals surface area contributed by atoms with Gasteiger partial charge in [0, 0.05) is 18.9 Å². The Bertz CT molecular complexity index is 893. The molecule has 5 nitrogen and oxygen atoms in total. The molecule has 1 saturated carbocycles. The Labute approximate surface area is 170 Å². The summed E-state index contributed by atoms with van der Waals surface area (Å²) in [5.74, 6) is 0.787. The number of hydrogen-bond donors (Lipinski definition) is 0. The first-order valence-electron chi connectivity index (χ1n) is 10.0. The summed E-state index contributed by atoms with van der Waals surface area (Å²) in [7, 11) is 1.64. The van der Waals surface area contributed by atoms with E-state index in [9.17, 15) is 9.18 Å². The van der Waals surface area contributed by atoms with Gasteiger partial charge in [0.05, 0.1) is 19.4 Å². The van der Waals surface area contributed by atoms with Crippen molar-refractivity contribution in [3.63, 3.8) is 0 Å². The van der Waals surface area contributed by atoms with Crippen LogP contribution in [0.5, 0.6) is 5.75 Å². The predicted octanol–water partition coefficient (Wildman–Crippen LogP) is 4.16. The van der Waals surface area contributed by atoms with Crippen molar-refractivity contribution in [1.82, 2.24) is 4.90 Å². The third kappa shape index (κ3) is 4.58. The fourth-order valence-corrected chi connectivity index (χ4v) is 3.72. The predicted molar refractivity (Wildman–Crippen MR) is 108 cm³/mol. The van der Waals surface area contributed by atoms with Crippen LogP contribution in [0.1, 0.15) is 36.8 Å². The summed E-state index contributed by atoms with van der Waals surface area (Å²) >= 11 is 0. The molecule has 1 amide bonds. The number of hydrogen-bond acceptors (Lipinski definition) is 4. The van der Waals surface area contributed by atoms with Crippen LogP contribution >= 0.6 is 0 Å². The molecule has 1 atom stereocenters. The van der Waals surface area contributed by atoms with Crippen LogP contribution in [-0.4, -0.2) is 36.3 Å². The maximum Gasteiger partial charge on any atom is 0.226 e. The van der Waals surface area contributed by atoms with Crippen LogP contribution < -0.4 is 4.74 Å². The van der Waals surface area contributed by atoms with Crippen molar-refractivity contribution in [2.45, 2.75) is 38.3 Å². The lowest BCUT2D eigenvalue weighted by atomic mass is 9.84. The largest absolute Gasteiger partial charge is 0.497 e. The van der Waals surface area contributed by atoms with Crippen molar-refractivity contribution < 1.29 is 18.8 Å². The lowest BCUT2D eigenvalue weighted by Gasteiger charge is -2.32. The quantitative estimate of drug-likeness (QED) is 0.706. The van der Waals surface area contributed by atoms with Gasteiger partial charge in [-0.25, -0.2) is 4.39 Å². The summed E-state index contributed by atoms with van der Waals surface area (Å²) in [6, 6.07) is 14.0. The van der Waals surface area contributed by atoms with Crippen molar-refractivity contribution in [2.24, 2.45) is 11.1 Å². The van der Waals surface area contributed by atoms with E-state index < -0.39 is 0 Å². The Kier molecular flexibility index (Phi) is 5.79. The van der Waals surface area contributed by atoms with E-state index in [-0.39, 0.29) is 23.7 Å². The molecule has 0 aromatic heterocycles. The number of nitrogens with zero attached hydrogens (tertiary/aromatic N) is 2. The number of halogens is 1. The Hall–Kier alpha value is -2.89. The van der Waals surface area contributed by atoms with Crippen molar-refractivity contribution >= 4 is 11.6 Å². The van der Waals surface area contributed by atoms with E-state index in [2.05, 4.69) is 5.16 Å².